The summed E-state index contributed by atoms with van der Waals surface area (Å²) in [5, 5.41) is 23.7. The lowest BCUT2D eigenvalue weighted by Crippen LogP contribution is -2.46. The number of aliphatic hydroxyl groups excluding tert-OH is 2. The number of aliphatic hydroxyl groups is 2. The molecule has 3 atom stereocenters. The lowest BCUT2D eigenvalue weighted by atomic mass is 10.0. The Hall–Kier alpha value is -1.66. The highest BCUT2D eigenvalue weighted by molar-refractivity contribution is 5.78. The van der Waals surface area contributed by atoms with Crippen LogP contribution in [0.3, 0.4) is 0 Å². The molecule has 0 spiro atoms. The van der Waals surface area contributed by atoms with Crippen molar-refractivity contribution in [3.63, 3.8) is 0 Å². The average Bonchev–Trinajstić information content (AvgIpc) is 3.23. The van der Waals surface area contributed by atoms with Crippen LogP contribution in [0.2, 0.25) is 0 Å². The SMILES string of the molecule is CCCCCCCC/C=C\C/C=C/C(CC(=O)NC(CO)C(O)CCCCCCCCCCCCCCCCC)OC(=O)CCCCCCCCCCCCCCCC. The summed E-state index contributed by atoms with van der Waals surface area (Å²) in [7, 11) is 0. The van der Waals surface area contributed by atoms with E-state index < -0.39 is 18.2 Å². The topological polar surface area (TPSA) is 95.9 Å². The van der Waals surface area contributed by atoms with E-state index in [1.165, 1.54) is 186 Å². The van der Waals surface area contributed by atoms with Crippen LogP contribution >= 0.6 is 0 Å². The van der Waals surface area contributed by atoms with Crippen LogP contribution in [0.1, 0.15) is 278 Å². The maximum Gasteiger partial charge on any atom is 0.306 e. The van der Waals surface area contributed by atoms with Gasteiger partial charge >= 0.3 is 5.97 Å². The number of ether oxygens (including phenoxy) is 1. The highest BCUT2D eigenvalue weighted by Gasteiger charge is 2.23. The Balaban J connectivity index is 4.55. The molecule has 348 valence electrons. The fourth-order valence-corrected chi connectivity index (χ4v) is 8.04. The Kier molecular flexibility index (Phi) is 46.1. The molecule has 0 bridgehead atoms. The summed E-state index contributed by atoms with van der Waals surface area (Å²) in [4.78, 5) is 26.0. The summed E-state index contributed by atoms with van der Waals surface area (Å²) in [5.41, 5.74) is 0. The van der Waals surface area contributed by atoms with E-state index in [4.69, 9.17) is 4.74 Å². The summed E-state index contributed by atoms with van der Waals surface area (Å²) in [6, 6.07) is -0.727. The van der Waals surface area contributed by atoms with Gasteiger partial charge in [0.05, 0.1) is 25.2 Å². The van der Waals surface area contributed by atoms with E-state index in [2.05, 4.69) is 38.2 Å². The molecule has 0 aromatic rings. The third-order valence-electron chi connectivity index (χ3n) is 12.0. The van der Waals surface area contributed by atoms with Gasteiger partial charge in [-0.05, 0) is 38.2 Å². The molecule has 0 aliphatic carbocycles. The number of allylic oxidation sites excluding steroid dienone is 3. The molecule has 0 rings (SSSR count). The van der Waals surface area contributed by atoms with Crippen molar-refractivity contribution < 1.29 is 24.5 Å². The number of amides is 1. The summed E-state index contributed by atoms with van der Waals surface area (Å²) in [6.07, 6.45) is 54.1. The van der Waals surface area contributed by atoms with Crippen LogP contribution in [0.15, 0.2) is 24.3 Å². The lowest BCUT2D eigenvalue weighted by Gasteiger charge is -2.23. The molecule has 0 aliphatic rings. The van der Waals surface area contributed by atoms with Gasteiger partial charge in [0, 0.05) is 6.42 Å². The largest absolute Gasteiger partial charge is 0.458 e. The van der Waals surface area contributed by atoms with Crippen LogP contribution in [0, 0.1) is 0 Å². The minimum Gasteiger partial charge on any atom is -0.458 e. The second-order valence-electron chi connectivity index (χ2n) is 17.9. The van der Waals surface area contributed by atoms with E-state index in [0.29, 0.717) is 12.8 Å². The summed E-state index contributed by atoms with van der Waals surface area (Å²) in [6.45, 7) is 6.46. The molecule has 0 radical (unpaired) electrons. The van der Waals surface area contributed by atoms with E-state index in [9.17, 15) is 19.8 Å². The maximum absolute atomic E-state index is 13.1. The van der Waals surface area contributed by atoms with Gasteiger partial charge in [0.1, 0.15) is 6.10 Å². The zero-order valence-corrected chi connectivity index (χ0v) is 39.7. The van der Waals surface area contributed by atoms with Gasteiger partial charge in [0.15, 0.2) is 0 Å². The molecule has 0 saturated heterocycles. The van der Waals surface area contributed by atoms with Crippen LogP contribution < -0.4 is 5.32 Å². The van der Waals surface area contributed by atoms with Crippen LogP contribution in [0.5, 0.6) is 0 Å². The zero-order valence-electron chi connectivity index (χ0n) is 39.7. The smallest absolute Gasteiger partial charge is 0.306 e. The van der Waals surface area contributed by atoms with Gasteiger partial charge in [-0.3, -0.25) is 9.59 Å². The Morgan fingerprint density at radius 2 is 0.898 bits per heavy atom. The monoisotopic (exact) mass is 832 g/mol. The molecule has 3 N–H and O–H groups in total. The van der Waals surface area contributed by atoms with Crippen molar-refractivity contribution in [3.05, 3.63) is 24.3 Å². The van der Waals surface area contributed by atoms with Crippen molar-refractivity contribution in [3.8, 4) is 0 Å². The Bertz CT molecular complexity index is 935. The highest BCUT2D eigenvalue weighted by atomic mass is 16.5. The molecule has 6 heteroatoms. The molecule has 0 saturated carbocycles. The Morgan fingerprint density at radius 1 is 0.508 bits per heavy atom. The summed E-state index contributed by atoms with van der Waals surface area (Å²) < 4.78 is 5.83. The van der Waals surface area contributed by atoms with Gasteiger partial charge in [-0.25, -0.2) is 0 Å². The molecule has 3 unspecified atom stereocenters. The van der Waals surface area contributed by atoms with Gasteiger partial charge in [-0.2, -0.15) is 0 Å². The first-order valence-electron chi connectivity index (χ1n) is 26.1. The third kappa shape index (κ3) is 42.8. The van der Waals surface area contributed by atoms with E-state index in [0.717, 1.165) is 51.4 Å². The fourth-order valence-electron chi connectivity index (χ4n) is 8.04. The Morgan fingerprint density at radius 3 is 1.32 bits per heavy atom. The number of esters is 1. The number of unbranched alkanes of at least 4 members (excludes halogenated alkanes) is 33. The number of hydrogen-bond acceptors (Lipinski definition) is 5. The Labute approximate surface area is 367 Å². The molecule has 59 heavy (non-hydrogen) atoms. The standard InChI is InChI=1S/C53H101NO5/c1-4-7-10-13-16-19-22-24-26-27-30-33-36-39-42-45-51(56)50(48-55)54-52(57)47-49(44-41-38-35-32-29-21-18-15-12-9-6-3)59-53(58)46-43-40-37-34-31-28-25-23-20-17-14-11-8-5-2/h32,35,41,44,49-51,55-56H,4-31,33-34,36-40,42-43,45-48H2,1-3H3,(H,54,57)/b35-32-,44-41+. The zero-order chi connectivity index (χ0) is 43.1. The van der Waals surface area contributed by atoms with Crippen LogP contribution in [0.4, 0.5) is 0 Å². The molecule has 0 aromatic carbocycles. The van der Waals surface area contributed by atoms with E-state index in [-0.39, 0.29) is 24.9 Å². The third-order valence-corrected chi connectivity index (χ3v) is 12.0. The number of nitrogens with one attached hydrogen (secondary N) is 1. The minimum absolute atomic E-state index is 0.0232. The van der Waals surface area contributed by atoms with E-state index >= 15 is 0 Å². The molecular formula is C53H101NO5. The first kappa shape index (κ1) is 57.3. The van der Waals surface area contributed by atoms with Crippen molar-refractivity contribution >= 4 is 11.9 Å². The molecule has 1 amide bonds. The summed E-state index contributed by atoms with van der Waals surface area (Å²) in [5.74, 6) is -0.589. The minimum atomic E-state index is -0.806. The molecule has 0 fully saturated rings. The molecule has 0 heterocycles. The van der Waals surface area contributed by atoms with Gasteiger partial charge in [-0.1, -0.05) is 251 Å². The van der Waals surface area contributed by atoms with Crippen LogP contribution in [-0.4, -0.2) is 46.9 Å². The lowest BCUT2D eigenvalue weighted by molar-refractivity contribution is -0.148. The predicted molar refractivity (Wildman–Crippen MR) is 255 cm³/mol. The second-order valence-corrected chi connectivity index (χ2v) is 17.9. The van der Waals surface area contributed by atoms with E-state index in [1.54, 1.807) is 0 Å². The fraction of sp³-hybridized carbons (Fsp3) is 0.887. The van der Waals surface area contributed by atoms with Gasteiger partial charge in [0.2, 0.25) is 5.91 Å². The predicted octanol–water partition coefficient (Wildman–Crippen LogP) is 15.5. The van der Waals surface area contributed by atoms with Crippen molar-refractivity contribution in [2.45, 2.75) is 296 Å². The van der Waals surface area contributed by atoms with Crippen LogP contribution in [-0.2, 0) is 14.3 Å². The van der Waals surface area contributed by atoms with Crippen LogP contribution in [0.25, 0.3) is 0 Å². The quantitative estimate of drug-likeness (QED) is 0.0322. The van der Waals surface area contributed by atoms with Crippen molar-refractivity contribution in [1.82, 2.24) is 5.32 Å². The van der Waals surface area contributed by atoms with Crippen molar-refractivity contribution in [1.29, 1.82) is 0 Å². The number of rotatable bonds is 47. The average molecular weight is 832 g/mol. The second kappa shape index (κ2) is 47.4. The van der Waals surface area contributed by atoms with Gasteiger partial charge in [0.25, 0.3) is 0 Å². The van der Waals surface area contributed by atoms with Crippen molar-refractivity contribution in [2.75, 3.05) is 6.61 Å². The highest BCUT2D eigenvalue weighted by Crippen LogP contribution is 2.17. The number of hydrogen-bond donors (Lipinski definition) is 3. The first-order valence-corrected chi connectivity index (χ1v) is 26.1. The maximum atomic E-state index is 13.1. The van der Waals surface area contributed by atoms with Gasteiger partial charge < -0.3 is 20.3 Å². The molecular weight excluding hydrogens is 731 g/mol. The molecule has 0 aliphatic heterocycles. The molecule has 6 nitrogen and oxygen atoms in total. The first-order chi connectivity index (χ1) is 29.0. The van der Waals surface area contributed by atoms with E-state index in [1.807, 2.05) is 12.2 Å². The summed E-state index contributed by atoms with van der Waals surface area (Å²) >= 11 is 0. The van der Waals surface area contributed by atoms with Crippen molar-refractivity contribution in [2.24, 2.45) is 0 Å². The molecule has 0 aromatic heterocycles. The number of carbonyl (C=O) groups excluding carboxylic acids is 2. The number of carbonyl (C=O) groups is 2. The van der Waals surface area contributed by atoms with Gasteiger partial charge in [-0.15, -0.1) is 0 Å². The normalized spacial score (nSPS) is 13.4.